The maximum Gasteiger partial charge on any atom is 0.137 e. The third-order valence-corrected chi connectivity index (χ3v) is 4.47. The van der Waals surface area contributed by atoms with E-state index in [-0.39, 0.29) is 0 Å². The molecule has 0 saturated heterocycles. The van der Waals surface area contributed by atoms with Gasteiger partial charge in [0.2, 0.25) is 0 Å². The van der Waals surface area contributed by atoms with Gasteiger partial charge in [-0.15, -0.1) is 0 Å². The lowest BCUT2D eigenvalue weighted by molar-refractivity contribution is 0.603. The van der Waals surface area contributed by atoms with Crippen LogP contribution in [0.5, 0.6) is 0 Å². The van der Waals surface area contributed by atoms with Crippen LogP contribution < -0.4 is 0 Å². The Morgan fingerprint density at radius 1 is 1.11 bits per heavy atom. The normalized spacial score (nSPS) is 12.8. The molecule has 0 amide bonds. The first kappa shape index (κ1) is 14.7. The molecule has 2 aromatic rings. The fourth-order valence-electron chi connectivity index (χ4n) is 1.55. The van der Waals surface area contributed by atoms with Gasteiger partial charge in [0.15, 0.2) is 0 Å². The molecule has 0 fully saturated rings. The monoisotopic (exact) mass is 354 g/mol. The Morgan fingerprint density at radius 2 is 1.79 bits per heavy atom. The Morgan fingerprint density at radius 3 is 2.47 bits per heavy atom. The van der Waals surface area contributed by atoms with Crippen molar-refractivity contribution in [2.45, 2.75) is 5.75 Å². The van der Waals surface area contributed by atoms with Crippen LogP contribution in [-0.2, 0) is 16.9 Å². The van der Waals surface area contributed by atoms with E-state index in [4.69, 9.17) is 11.6 Å². The minimum absolute atomic E-state index is 0.437. The third-order valence-electron chi connectivity index (χ3n) is 2.54. The lowest BCUT2D eigenvalue weighted by Gasteiger charge is -2.07. The Bertz CT molecular complexity index is 569. The topological polar surface area (TPSA) is 23.1 Å². The summed E-state index contributed by atoms with van der Waals surface area (Å²) in [5, 5.41) is 2.36. The number of hydrogen-bond donors (Lipinski definition) is 0. The van der Waals surface area contributed by atoms with Gasteiger partial charge in [0.25, 0.3) is 0 Å². The van der Waals surface area contributed by atoms with Crippen molar-refractivity contribution in [3.05, 3.63) is 74.6 Å². The molecule has 1 unspecified atom stereocenters. The van der Waals surface area contributed by atoms with Crippen LogP contribution in [0.1, 0.15) is 11.1 Å². The Labute approximate surface area is 129 Å². The van der Waals surface area contributed by atoms with E-state index in [2.05, 4.69) is 15.9 Å². The van der Waals surface area contributed by atoms with Gasteiger partial charge in [-0.05, 0) is 41.0 Å². The highest BCUT2D eigenvalue weighted by Gasteiger charge is 2.07. The number of benzene rings is 2. The third kappa shape index (κ3) is 4.69. The van der Waals surface area contributed by atoms with Crippen LogP contribution in [0.4, 0.5) is 0 Å². The van der Waals surface area contributed by atoms with E-state index >= 15 is 0 Å². The summed E-state index contributed by atoms with van der Waals surface area (Å²) in [4.78, 5) is 0. The first-order chi connectivity index (χ1) is 9.15. The molecule has 1 atom stereocenters. The van der Waals surface area contributed by atoms with Crippen LogP contribution in [-0.4, -0.2) is 4.55 Å². The zero-order chi connectivity index (χ0) is 13.7. The molecule has 0 radical (unpaired) electrons. The number of hydrogen-bond acceptors (Lipinski definition) is 1. The highest BCUT2D eigenvalue weighted by molar-refractivity contribution is 9.10. The molecule has 0 bridgehead atoms. The van der Waals surface area contributed by atoms with E-state index in [0.29, 0.717) is 10.8 Å². The summed E-state index contributed by atoms with van der Waals surface area (Å²) in [6.07, 6.45) is 1.86. The summed E-state index contributed by atoms with van der Waals surface area (Å²) < 4.78 is 13.0. The molecular weight excluding hydrogens is 344 g/mol. The summed E-state index contributed by atoms with van der Waals surface area (Å²) >= 11 is 8.35. The molecule has 2 rings (SSSR count). The molecule has 19 heavy (non-hydrogen) atoms. The smallest absolute Gasteiger partial charge is 0.137 e. The average Bonchev–Trinajstić information content (AvgIpc) is 2.41. The Balaban J connectivity index is 1.99. The van der Waals surface area contributed by atoms with Crippen molar-refractivity contribution in [3.63, 3.8) is 0 Å². The fraction of sp³-hybridized carbons (Fsp3) is 0.0667. The van der Waals surface area contributed by atoms with Gasteiger partial charge < -0.3 is 4.55 Å². The number of halogens is 2. The lowest BCUT2D eigenvalue weighted by atomic mass is 10.2. The second-order valence-corrected chi connectivity index (χ2v) is 6.62. The van der Waals surface area contributed by atoms with E-state index < -0.39 is 11.2 Å². The highest BCUT2D eigenvalue weighted by Crippen LogP contribution is 2.19. The van der Waals surface area contributed by atoms with Gasteiger partial charge >= 0.3 is 0 Å². The minimum atomic E-state index is -1.06. The van der Waals surface area contributed by atoms with E-state index in [0.717, 1.165) is 15.6 Å². The van der Waals surface area contributed by atoms with E-state index in [1.807, 2.05) is 54.6 Å². The molecule has 0 aliphatic heterocycles. The summed E-state index contributed by atoms with van der Waals surface area (Å²) in [5.41, 5.74) is 1.93. The molecular formula is C15H12BrClOS. The van der Waals surface area contributed by atoms with Gasteiger partial charge in [-0.3, -0.25) is 0 Å². The van der Waals surface area contributed by atoms with Gasteiger partial charge in [-0.1, -0.05) is 57.9 Å². The van der Waals surface area contributed by atoms with Gasteiger partial charge in [0, 0.05) is 15.1 Å². The van der Waals surface area contributed by atoms with Gasteiger partial charge in [0.05, 0.1) is 0 Å². The zero-order valence-electron chi connectivity index (χ0n) is 10.1. The van der Waals surface area contributed by atoms with Crippen molar-refractivity contribution < 1.29 is 4.55 Å². The minimum Gasteiger partial charge on any atom is -0.612 e. The summed E-state index contributed by atoms with van der Waals surface area (Å²) in [7, 11) is 0. The van der Waals surface area contributed by atoms with Crippen molar-refractivity contribution in [2.24, 2.45) is 0 Å². The molecule has 2 aromatic carbocycles. The van der Waals surface area contributed by atoms with E-state index in [9.17, 15) is 4.55 Å². The fourth-order valence-corrected chi connectivity index (χ4v) is 3.05. The predicted octanol–water partition coefficient (Wildman–Crippen LogP) is 5.02. The molecule has 98 valence electrons. The number of rotatable bonds is 4. The SMILES string of the molecule is [O-][S+](/C=C\c1ccc(Br)cc1)Cc1ccccc1Cl. The van der Waals surface area contributed by atoms with Crippen molar-refractivity contribution in [1.82, 2.24) is 0 Å². The molecule has 1 nitrogen and oxygen atoms in total. The second kappa shape index (κ2) is 7.15. The van der Waals surface area contributed by atoms with Gasteiger partial charge in [-0.2, -0.15) is 0 Å². The molecule has 0 N–H and O–H groups in total. The molecule has 0 saturated carbocycles. The predicted molar refractivity (Wildman–Crippen MR) is 86.5 cm³/mol. The van der Waals surface area contributed by atoms with Crippen molar-refractivity contribution in [2.75, 3.05) is 0 Å². The molecule has 0 aromatic heterocycles. The van der Waals surface area contributed by atoms with Crippen LogP contribution in [0.2, 0.25) is 5.02 Å². The van der Waals surface area contributed by atoms with Crippen LogP contribution in [0.3, 0.4) is 0 Å². The molecule has 4 heteroatoms. The standard InChI is InChI=1S/C15H12BrClOS/c16-14-7-5-12(6-8-14)9-10-19(18)11-13-3-1-2-4-15(13)17/h1-10H,11H2/b10-9-. The molecule has 0 spiro atoms. The quantitative estimate of drug-likeness (QED) is 0.706. The van der Waals surface area contributed by atoms with Crippen molar-refractivity contribution in [3.8, 4) is 0 Å². The molecule has 0 aliphatic carbocycles. The van der Waals surface area contributed by atoms with E-state index in [1.165, 1.54) is 0 Å². The van der Waals surface area contributed by atoms with Gasteiger partial charge in [-0.25, -0.2) is 0 Å². The molecule has 0 heterocycles. The van der Waals surface area contributed by atoms with Crippen LogP contribution in [0.25, 0.3) is 6.08 Å². The van der Waals surface area contributed by atoms with Crippen LogP contribution in [0.15, 0.2) is 58.4 Å². The average molecular weight is 356 g/mol. The molecule has 0 aliphatic rings. The maximum atomic E-state index is 12.0. The summed E-state index contributed by atoms with van der Waals surface area (Å²) in [6.45, 7) is 0. The largest absolute Gasteiger partial charge is 0.612 e. The van der Waals surface area contributed by atoms with Gasteiger partial charge in [0.1, 0.15) is 11.2 Å². The van der Waals surface area contributed by atoms with Crippen LogP contribution in [0, 0.1) is 0 Å². The van der Waals surface area contributed by atoms with Crippen LogP contribution >= 0.6 is 27.5 Å². The summed E-state index contributed by atoms with van der Waals surface area (Å²) in [5.74, 6) is 0.437. The zero-order valence-corrected chi connectivity index (χ0v) is 13.2. The first-order valence-corrected chi connectivity index (χ1v) is 8.25. The maximum absolute atomic E-state index is 12.0. The lowest BCUT2D eigenvalue weighted by Crippen LogP contribution is -2.00. The highest BCUT2D eigenvalue weighted by atomic mass is 79.9. The Hall–Kier alpha value is -0.740. The summed E-state index contributed by atoms with van der Waals surface area (Å²) in [6, 6.07) is 15.3. The van der Waals surface area contributed by atoms with Crippen molar-refractivity contribution in [1.29, 1.82) is 0 Å². The second-order valence-electron chi connectivity index (χ2n) is 3.97. The van der Waals surface area contributed by atoms with Crippen molar-refractivity contribution >= 4 is 44.8 Å². The first-order valence-electron chi connectivity index (χ1n) is 5.69. The van der Waals surface area contributed by atoms with E-state index in [1.54, 1.807) is 5.41 Å². The Kier molecular flexibility index (Phi) is 5.52.